The largest absolute Gasteiger partial charge is 0.493 e. The first-order valence-corrected chi connectivity index (χ1v) is 10.8. The van der Waals surface area contributed by atoms with Gasteiger partial charge < -0.3 is 19.7 Å². The molecule has 0 spiro atoms. The van der Waals surface area contributed by atoms with E-state index in [9.17, 15) is 4.79 Å². The molecule has 2 aromatic carbocycles. The van der Waals surface area contributed by atoms with E-state index >= 15 is 0 Å². The normalized spacial score (nSPS) is 11.9. The highest BCUT2D eigenvalue weighted by atomic mass is 16.5. The molecule has 0 unspecified atom stereocenters. The summed E-state index contributed by atoms with van der Waals surface area (Å²) in [6.07, 6.45) is 1.51. The van der Waals surface area contributed by atoms with E-state index < -0.39 is 0 Å². The van der Waals surface area contributed by atoms with Gasteiger partial charge in [0.2, 0.25) is 0 Å². The van der Waals surface area contributed by atoms with Crippen molar-refractivity contribution in [1.82, 2.24) is 20.0 Å². The smallest absolute Gasteiger partial charge is 0.272 e. The first-order chi connectivity index (χ1) is 15.4. The second-order valence-electron chi connectivity index (χ2n) is 8.38. The topological polar surface area (TPSA) is 68.6 Å². The lowest BCUT2D eigenvalue weighted by molar-refractivity contribution is 0.0946. The average Bonchev–Trinajstić information content (AvgIpc) is 3.33. The molecule has 0 aliphatic heterocycles. The molecule has 1 aliphatic rings. The minimum Gasteiger partial charge on any atom is -0.493 e. The Labute approximate surface area is 188 Å². The van der Waals surface area contributed by atoms with Gasteiger partial charge in [0.1, 0.15) is 0 Å². The molecular weight excluding hydrogens is 404 g/mol. The number of nitrogens with zero attached hydrogens (tertiary/aromatic N) is 3. The number of carbonyl (C=O) groups excluding carboxylic acids is 1. The minimum absolute atomic E-state index is 0.141. The lowest BCUT2D eigenvalue weighted by Gasteiger charge is -2.12. The summed E-state index contributed by atoms with van der Waals surface area (Å²) in [5.74, 6) is 1.20. The Morgan fingerprint density at radius 3 is 2.47 bits per heavy atom. The summed E-state index contributed by atoms with van der Waals surface area (Å²) < 4.78 is 12.9. The van der Waals surface area contributed by atoms with E-state index in [1.807, 2.05) is 43.0 Å². The monoisotopic (exact) mass is 434 g/mol. The Balaban J connectivity index is 1.76. The second kappa shape index (κ2) is 9.04. The number of benzene rings is 2. The zero-order valence-electron chi connectivity index (χ0n) is 19.4. The standard InChI is InChI=1S/C25H30N4O3/c1-16-7-9-18(10-8-16)29-24-19-15-22(32-5)21(31-4)14-17(19)13-20(24)23(27-29)25(30)26-11-6-12-28(2)3/h7-10,14-15H,6,11-13H2,1-5H3,(H,26,30). The number of hydrogen-bond donors (Lipinski definition) is 1. The average molecular weight is 435 g/mol. The molecule has 0 saturated heterocycles. The van der Waals surface area contributed by atoms with E-state index in [2.05, 4.69) is 29.3 Å². The van der Waals surface area contributed by atoms with Crippen LogP contribution in [0.5, 0.6) is 11.5 Å². The fraction of sp³-hybridized carbons (Fsp3) is 0.360. The molecule has 0 radical (unpaired) electrons. The van der Waals surface area contributed by atoms with Gasteiger partial charge in [-0.2, -0.15) is 5.10 Å². The highest BCUT2D eigenvalue weighted by Crippen LogP contribution is 2.44. The number of hydrogen-bond acceptors (Lipinski definition) is 5. The molecule has 0 fully saturated rings. The fourth-order valence-electron chi connectivity index (χ4n) is 4.11. The van der Waals surface area contributed by atoms with Gasteiger partial charge in [0.25, 0.3) is 5.91 Å². The Morgan fingerprint density at radius 1 is 1.12 bits per heavy atom. The number of aromatic nitrogens is 2. The molecular formula is C25H30N4O3. The van der Waals surface area contributed by atoms with E-state index in [4.69, 9.17) is 14.6 Å². The third-order valence-corrected chi connectivity index (χ3v) is 5.78. The molecule has 3 aromatic rings. The summed E-state index contributed by atoms with van der Waals surface area (Å²) in [5, 5.41) is 7.80. The number of carbonyl (C=O) groups is 1. The zero-order chi connectivity index (χ0) is 22.8. The summed E-state index contributed by atoms with van der Waals surface area (Å²) in [7, 11) is 7.31. The number of nitrogens with one attached hydrogen (secondary N) is 1. The summed E-state index contributed by atoms with van der Waals surface area (Å²) in [4.78, 5) is 15.2. The maximum absolute atomic E-state index is 13.1. The molecule has 1 amide bonds. The molecule has 7 nitrogen and oxygen atoms in total. The van der Waals surface area contributed by atoms with Crippen LogP contribution in [0.4, 0.5) is 0 Å². The second-order valence-corrected chi connectivity index (χ2v) is 8.38. The van der Waals surface area contributed by atoms with Gasteiger partial charge in [-0.15, -0.1) is 0 Å². The van der Waals surface area contributed by atoms with Crippen LogP contribution in [0.1, 0.15) is 33.6 Å². The Hall–Kier alpha value is -3.32. The van der Waals surface area contributed by atoms with Crippen LogP contribution in [0.15, 0.2) is 36.4 Å². The molecule has 1 aromatic heterocycles. The number of fused-ring (bicyclic) bond motifs is 3. The van der Waals surface area contributed by atoms with E-state index in [-0.39, 0.29) is 5.91 Å². The molecule has 1 heterocycles. The summed E-state index contributed by atoms with van der Waals surface area (Å²) >= 11 is 0. The van der Waals surface area contributed by atoms with Crippen molar-refractivity contribution in [3.63, 3.8) is 0 Å². The van der Waals surface area contributed by atoms with Gasteiger partial charge in [0, 0.05) is 24.1 Å². The predicted molar refractivity (Wildman–Crippen MR) is 125 cm³/mol. The van der Waals surface area contributed by atoms with Crippen molar-refractivity contribution in [2.75, 3.05) is 41.4 Å². The third kappa shape index (κ3) is 4.08. The van der Waals surface area contributed by atoms with Crippen molar-refractivity contribution in [3.8, 4) is 28.4 Å². The van der Waals surface area contributed by atoms with Crippen molar-refractivity contribution in [3.05, 3.63) is 58.8 Å². The molecule has 0 bridgehead atoms. The van der Waals surface area contributed by atoms with Crippen LogP contribution in [0, 0.1) is 6.92 Å². The van der Waals surface area contributed by atoms with Crippen LogP contribution in [-0.4, -0.2) is 62.0 Å². The maximum atomic E-state index is 13.1. The Bertz CT molecular complexity index is 1130. The fourth-order valence-corrected chi connectivity index (χ4v) is 4.11. The zero-order valence-corrected chi connectivity index (χ0v) is 19.4. The summed E-state index contributed by atoms with van der Waals surface area (Å²) in [6, 6.07) is 12.1. The first kappa shape index (κ1) is 21.9. The van der Waals surface area contributed by atoms with Crippen LogP contribution in [-0.2, 0) is 6.42 Å². The van der Waals surface area contributed by atoms with Crippen molar-refractivity contribution in [2.24, 2.45) is 0 Å². The van der Waals surface area contributed by atoms with Crippen molar-refractivity contribution in [1.29, 1.82) is 0 Å². The predicted octanol–water partition coefficient (Wildman–Crippen LogP) is 3.45. The van der Waals surface area contributed by atoms with Crippen molar-refractivity contribution < 1.29 is 14.3 Å². The highest BCUT2D eigenvalue weighted by Gasteiger charge is 2.32. The molecule has 1 N–H and O–H groups in total. The Kier molecular flexibility index (Phi) is 6.19. The number of ether oxygens (including phenoxy) is 2. The van der Waals surface area contributed by atoms with E-state index in [0.717, 1.165) is 41.0 Å². The van der Waals surface area contributed by atoms with Gasteiger partial charge in [0.05, 0.1) is 25.6 Å². The molecule has 168 valence electrons. The van der Waals surface area contributed by atoms with Crippen LogP contribution in [0.3, 0.4) is 0 Å². The van der Waals surface area contributed by atoms with Crippen molar-refractivity contribution >= 4 is 5.91 Å². The van der Waals surface area contributed by atoms with Crippen LogP contribution in [0.2, 0.25) is 0 Å². The minimum atomic E-state index is -0.141. The highest BCUT2D eigenvalue weighted by molar-refractivity contribution is 5.97. The lowest BCUT2D eigenvalue weighted by atomic mass is 10.1. The maximum Gasteiger partial charge on any atom is 0.272 e. The lowest BCUT2D eigenvalue weighted by Crippen LogP contribution is -2.28. The van der Waals surface area contributed by atoms with Gasteiger partial charge in [-0.05, 0) is 63.8 Å². The number of rotatable bonds is 8. The van der Waals surface area contributed by atoms with E-state index in [0.29, 0.717) is 30.2 Å². The van der Waals surface area contributed by atoms with Crippen molar-refractivity contribution in [2.45, 2.75) is 19.8 Å². The molecule has 0 atom stereocenters. The number of amides is 1. The Morgan fingerprint density at radius 2 is 1.81 bits per heavy atom. The molecule has 1 aliphatic carbocycles. The quantitative estimate of drug-likeness (QED) is 0.430. The van der Waals surface area contributed by atoms with Gasteiger partial charge in [-0.3, -0.25) is 4.79 Å². The summed E-state index contributed by atoms with van der Waals surface area (Å²) in [5.41, 5.74) is 6.53. The SMILES string of the molecule is COc1cc2c(cc1OC)-c1c(c(C(=O)NCCCN(C)C)nn1-c1ccc(C)cc1)C2. The van der Waals surface area contributed by atoms with Gasteiger partial charge >= 0.3 is 0 Å². The van der Waals surface area contributed by atoms with Gasteiger partial charge in [-0.1, -0.05) is 17.7 Å². The number of methoxy groups -OCH3 is 2. The summed E-state index contributed by atoms with van der Waals surface area (Å²) in [6.45, 7) is 3.58. The molecule has 0 saturated carbocycles. The van der Waals surface area contributed by atoms with Crippen LogP contribution >= 0.6 is 0 Å². The molecule has 7 heteroatoms. The first-order valence-electron chi connectivity index (χ1n) is 10.8. The van der Waals surface area contributed by atoms with E-state index in [1.165, 1.54) is 5.56 Å². The van der Waals surface area contributed by atoms with Gasteiger partial charge in [0.15, 0.2) is 17.2 Å². The third-order valence-electron chi connectivity index (χ3n) is 5.78. The van der Waals surface area contributed by atoms with Gasteiger partial charge in [-0.25, -0.2) is 4.68 Å². The number of aryl methyl sites for hydroxylation is 1. The van der Waals surface area contributed by atoms with E-state index in [1.54, 1.807) is 14.2 Å². The molecule has 32 heavy (non-hydrogen) atoms. The molecule has 4 rings (SSSR count). The van der Waals surface area contributed by atoms with Crippen LogP contribution < -0.4 is 14.8 Å². The van der Waals surface area contributed by atoms with Crippen LogP contribution in [0.25, 0.3) is 16.9 Å².